The number of carbonyl (C=O) groups excluding carboxylic acids is 1. The van der Waals surface area contributed by atoms with Crippen LogP contribution in [0.2, 0.25) is 0 Å². The van der Waals surface area contributed by atoms with Crippen molar-refractivity contribution < 1.29 is 9.53 Å². The van der Waals surface area contributed by atoms with Gasteiger partial charge in [0.2, 0.25) is 5.91 Å². The Hall–Kier alpha value is -1.55. The molecule has 0 aliphatic carbocycles. The Kier molecular flexibility index (Phi) is 3.87. The molecule has 2 unspecified atom stereocenters. The minimum absolute atomic E-state index is 0.102. The number of benzene rings is 1. The molecule has 1 aromatic carbocycles. The van der Waals surface area contributed by atoms with Gasteiger partial charge in [0.1, 0.15) is 12.4 Å². The minimum atomic E-state index is -0.157. The van der Waals surface area contributed by atoms with Crippen LogP contribution in [-0.4, -0.2) is 30.0 Å². The lowest BCUT2D eigenvalue weighted by Crippen LogP contribution is -2.42. The van der Waals surface area contributed by atoms with E-state index in [4.69, 9.17) is 10.5 Å². The van der Waals surface area contributed by atoms with Gasteiger partial charge in [-0.25, -0.2) is 0 Å². The maximum absolute atomic E-state index is 12.3. The molecule has 0 radical (unpaired) electrons. The molecule has 18 heavy (non-hydrogen) atoms. The molecule has 1 aliphatic rings. The second-order valence-electron chi connectivity index (χ2n) is 4.86. The topological polar surface area (TPSA) is 55.6 Å². The van der Waals surface area contributed by atoms with Crippen molar-refractivity contribution in [3.05, 3.63) is 29.8 Å². The average molecular weight is 248 g/mol. The van der Waals surface area contributed by atoms with Crippen molar-refractivity contribution in [1.82, 2.24) is 4.90 Å². The van der Waals surface area contributed by atoms with Crippen LogP contribution in [0, 0.1) is 5.92 Å². The first-order valence-electron chi connectivity index (χ1n) is 6.34. The summed E-state index contributed by atoms with van der Waals surface area (Å²) in [5.41, 5.74) is 6.85. The van der Waals surface area contributed by atoms with Crippen molar-refractivity contribution in [3.63, 3.8) is 0 Å². The highest BCUT2D eigenvalue weighted by molar-refractivity contribution is 5.79. The van der Waals surface area contributed by atoms with Crippen molar-refractivity contribution in [3.8, 4) is 5.75 Å². The number of rotatable bonds is 2. The Morgan fingerprint density at radius 2 is 2.11 bits per heavy atom. The molecular formula is C14H20N2O2. The van der Waals surface area contributed by atoms with Gasteiger partial charge in [0, 0.05) is 18.2 Å². The summed E-state index contributed by atoms with van der Waals surface area (Å²) in [5.74, 6) is 0.821. The molecule has 98 valence electrons. The van der Waals surface area contributed by atoms with E-state index >= 15 is 0 Å². The standard InChI is InChI=1S/C14H20N2O2/c1-10(11(2)15)14(17)16-7-8-18-13-6-4-3-5-12(13)9-16/h3-6,10-11H,7-9,15H2,1-2H3. The van der Waals surface area contributed by atoms with E-state index < -0.39 is 0 Å². The molecule has 2 rings (SSSR count). The van der Waals surface area contributed by atoms with Gasteiger partial charge in [0.25, 0.3) is 0 Å². The van der Waals surface area contributed by atoms with Crippen LogP contribution >= 0.6 is 0 Å². The van der Waals surface area contributed by atoms with E-state index in [9.17, 15) is 4.79 Å². The lowest BCUT2D eigenvalue weighted by Gasteiger charge is -2.25. The fourth-order valence-electron chi connectivity index (χ4n) is 2.03. The maximum atomic E-state index is 12.3. The fraction of sp³-hybridized carbons (Fsp3) is 0.500. The van der Waals surface area contributed by atoms with E-state index in [0.29, 0.717) is 19.7 Å². The van der Waals surface area contributed by atoms with Gasteiger partial charge in [-0.2, -0.15) is 0 Å². The smallest absolute Gasteiger partial charge is 0.227 e. The van der Waals surface area contributed by atoms with Gasteiger partial charge in [-0.3, -0.25) is 4.79 Å². The average Bonchev–Trinajstić information content (AvgIpc) is 2.58. The van der Waals surface area contributed by atoms with Crippen LogP contribution in [0.4, 0.5) is 0 Å². The highest BCUT2D eigenvalue weighted by Gasteiger charge is 2.25. The van der Waals surface area contributed by atoms with Gasteiger partial charge >= 0.3 is 0 Å². The maximum Gasteiger partial charge on any atom is 0.227 e. The van der Waals surface area contributed by atoms with Crippen molar-refractivity contribution in [2.45, 2.75) is 26.4 Å². The van der Waals surface area contributed by atoms with E-state index in [1.807, 2.05) is 43.0 Å². The van der Waals surface area contributed by atoms with Crippen LogP contribution in [-0.2, 0) is 11.3 Å². The largest absolute Gasteiger partial charge is 0.491 e. The summed E-state index contributed by atoms with van der Waals surface area (Å²) in [6, 6.07) is 7.72. The summed E-state index contributed by atoms with van der Waals surface area (Å²) >= 11 is 0. The molecule has 2 N–H and O–H groups in total. The molecule has 1 heterocycles. The first-order chi connectivity index (χ1) is 8.59. The Morgan fingerprint density at radius 3 is 2.83 bits per heavy atom. The van der Waals surface area contributed by atoms with Crippen LogP contribution in [0.15, 0.2) is 24.3 Å². The van der Waals surface area contributed by atoms with Crippen LogP contribution in [0.25, 0.3) is 0 Å². The van der Waals surface area contributed by atoms with Crippen molar-refractivity contribution in [2.24, 2.45) is 11.7 Å². The minimum Gasteiger partial charge on any atom is -0.491 e. The number of amides is 1. The van der Waals surface area contributed by atoms with E-state index in [1.54, 1.807) is 0 Å². The first-order valence-corrected chi connectivity index (χ1v) is 6.34. The van der Waals surface area contributed by atoms with E-state index in [-0.39, 0.29) is 17.9 Å². The number of fused-ring (bicyclic) bond motifs is 1. The number of ether oxygens (including phenoxy) is 1. The molecule has 0 spiro atoms. The van der Waals surface area contributed by atoms with Gasteiger partial charge in [0.05, 0.1) is 12.5 Å². The van der Waals surface area contributed by atoms with Crippen LogP contribution < -0.4 is 10.5 Å². The number of nitrogens with two attached hydrogens (primary N) is 1. The Morgan fingerprint density at radius 1 is 1.39 bits per heavy atom. The third-order valence-electron chi connectivity index (χ3n) is 3.44. The van der Waals surface area contributed by atoms with Crippen molar-refractivity contribution >= 4 is 5.91 Å². The molecule has 1 aliphatic heterocycles. The summed E-state index contributed by atoms with van der Waals surface area (Å²) in [7, 11) is 0. The molecule has 0 aromatic heterocycles. The summed E-state index contributed by atoms with van der Waals surface area (Å²) in [6.07, 6.45) is 0. The molecule has 0 fully saturated rings. The zero-order valence-electron chi connectivity index (χ0n) is 10.9. The SMILES string of the molecule is CC(N)C(C)C(=O)N1CCOc2ccccc2C1. The first kappa shape index (κ1) is 12.9. The van der Waals surface area contributed by atoms with Gasteiger partial charge < -0.3 is 15.4 Å². The van der Waals surface area contributed by atoms with Gasteiger partial charge in [0.15, 0.2) is 0 Å². The lowest BCUT2D eigenvalue weighted by atomic mass is 10.0. The highest BCUT2D eigenvalue weighted by Crippen LogP contribution is 2.23. The molecule has 4 nitrogen and oxygen atoms in total. The Balaban J connectivity index is 2.15. The summed E-state index contributed by atoms with van der Waals surface area (Å²) < 4.78 is 5.64. The number of hydrogen-bond acceptors (Lipinski definition) is 3. The van der Waals surface area contributed by atoms with Crippen LogP contribution in [0.3, 0.4) is 0 Å². The number of nitrogens with zero attached hydrogens (tertiary/aromatic N) is 1. The van der Waals surface area contributed by atoms with E-state index in [0.717, 1.165) is 11.3 Å². The zero-order chi connectivity index (χ0) is 13.1. The van der Waals surface area contributed by atoms with Crippen LogP contribution in [0.5, 0.6) is 5.75 Å². The van der Waals surface area contributed by atoms with Crippen molar-refractivity contribution in [1.29, 1.82) is 0 Å². The molecule has 4 heteroatoms. The molecule has 1 aromatic rings. The second kappa shape index (κ2) is 5.40. The predicted molar refractivity (Wildman–Crippen MR) is 70.2 cm³/mol. The predicted octanol–water partition coefficient (Wildman–Crippen LogP) is 1.39. The monoisotopic (exact) mass is 248 g/mol. The highest BCUT2D eigenvalue weighted by atomic mass is 16.5. The second-order valence-corrected chi connectivity index (χ2v) is 4.86. The number of para-hydroxylation sites is 1. The number of hydrogen-bond donors (Lipinski definition) is 1. The normalized spacial score (nSPS) is 18.3. The quantitative estimate of drug-likeness (QED) is 0.860. The summed E-state index contributed by atoms with van der Waals surface area (Å²) in [4.78, 5) is 14.1. The van der Waals surface area contributed by atoms with Crippen LogP contribution in [0.1, 0.15) is 19.4 Å². The molecule has 0 saturated heterocycles. The third-order valence-corrected chi connectivity index (χ3v) is 3.44. The molecule has 0 saturated carbocycles. The van der Waals surface area contributed by atoms with Crippen molar-refractivity contribution in [2.75, 3.05) is 13.2 Å². The Bertz CT molecular complexity index is 432. The third kappa shape index (κ3) is 2.64. The lowest BCUT2D eigenvalue weighted by molar-refractivity contribution is -0.136. The van der Waals surface area contributed by atoms with E-state index in [1.165, 1.54) is 0 Å². The summed E-state index contributed by atoms with van der Waals surface area (Å²) in [6.45, 7) is 5.50. The number of carbonyl (C=O) groups is 1. The van der Waals surface area contributed by atoms with Gasteiger partial charge in [-0.05, 0) is 13.0 Å². The fourth-order valence-corrected chi connectivity index (χ4v) is 2.03. The van der Waals surface area contributed by atoms with Gasteiger partial charge in [-0.1, -0.05) is 25.1 Å². The van der Waals surface area contributed by atoms with E-state index in [2.05, 4.69) is 0 Å². The molecule has 1 amide bonds. The van der Waals surface area contributed by atoms with Gasteiger partial charge in [-0.15, -0.1) is 0 Å². The summed E-state index contributed by atoms with van der Waals surface area (Å²) in [5, 5.41) is 0. The zero-order valence-corrected chi connectivity index (χ0v) is 10.9. The Labute approximate surface area is 108 Å². The molecule has 0 bridgehead atoms. The molecular weight excluding hydrogens is 228 g/mol. The molecule has 2 atom stereocenters.